The van der Waals surface area contributed by atoms with Crippen LogP contribution in [0.2, 0.25) is 0 Å². The monoisotopic (exact) mass is 348 g/mol. The molecule has 136 valence electrons. The third kappa shape index (κ3) is 2.95. The Labute approximate surface area is 146 Å². The van der Waals surface area contributed by atoms with Gasteiger partial charge >= 0.3 is 0 Å². The average molecular weight is 348 g/mol. The van der Waals surface area contributed by atoms with Gasteiger partial charge in [0.25, 0.3) is 0 Å². The number of nitrogens with one attached hydrogen (secondary N) is 1. The van der Waals surface area contributed by atoms with Gasteiger partial charge in [-0.2, -0.15) is 10.7 Å². The Hall–Kier alpha value is -1.53. The molecule has 0 amide bonds. The quantitative estimate of drug-likeness (QED) is 0.584. The number of hydrogen-bond acceptors (Lipinski definition) is 7. The summed E-state index contributed by atoms with van der Waals surface area (Å²) in [6.07, 6.45) is -3.49. The molecule has 1 aromatic carbocycles. The van der Waals surface area contributed by atoms with Gasteiger partial charge in [0.1, 0.15) is 11.7 Å². The van der Waals surface area contributed by atoms with Crippen LogP contribution in [0.3, 0.4) is 0 Å². The van der Waals surface area contributed by atoms with Gasteiger partial charge in [-0.1, -0.05) is 37.3 Å². The number of nitriles is 1. The minimum Gasteiger partial charge on any atom is -0.388 e. The maximum atomic E-state index is 10.9. The fourth-order valence-electron chi connectivity index (χ4n) is 4.25. The lowest BCUT2D eigenvalue weighted by Gasteiger charge is -2.53. The number of aliphatic hydroxyl groups excluding tert-OH is 2. The summed E-state index contributed by atoms with van der Waals surface area (Å²) in [5.74, 6) is -1.12. The van der Waals surface area contributed by atoms with Crippen LogP contribution in [0.5, 0.6) is 0 Å². The molecule has 1 saturated carbocycles. The number of ether oxygens (including phenoxy) is 1. The first-order chi connectivity index (χ1) is 11.8. The van der Waals surface area contributed by atoms with Gasteiger partial charge in [0.05, 0.1) is 30.2 Å². The molecule has 4 N–H and O–H groups in total. The van der Waals surface area contributed by atoms with Crippen LogP contribution in [0.1, 0.15) is 25.8 Å². The molecule has 1 aromatic rings. The summed E-state index contributed by atoms with van der Waals surface area (Å²) in [5, 5.41) is 41.5. The second kappa shape index (κ2) is 6.65. The molecule has 7 nitrogen and oxygen atoms in total. The van der Waals surface area contributed by atoms with E-state index in [4.69, 9.17) is 9.57 Å². The van der Waals surface area contributed by atoms with E-state index >= 15 is 0 Å². The Morgan fingerprint density at radius 3 is 2.68 bits per heavy atom. The van der Waals surface area contributed by atoms with E-state index in [2.05, 4.69) is 11.5 Å². The van der Waals surface area contributed by atoms with E-state index in [0.29, 0.717) is 0 Å². The largest absolute Gasteiger partial charge is 0.388 e. The maximum Gasteiger partial charge on any atom is 0.157 e. The maximum absolute atomic E-state index is 10.9. The predicted octanol–water partition coefficient (Wildman–Crippen LogP) is 0.455. The number of hydrogen-bond donors (Lipinski definition) is 4. The summed E-state index contributed by atoms with van der Waals surface area (Å²) < 4.78 is 5.52. The van der Waals surface area contributed by atoms with Crippen molar-refractivity contribution in [1.29, 1.82) is 5.26 Å². The molecule has 4 rings (SSSR count). The first-order valence-corrected chi connectivity index (χ1v) is 8.39. The fourth-order valence-corrected chi connectivity index (χ4v) is 4.25. The highest BCUT2D eigenvalue weighted by molar-refractivity contribution is 5.22. The van der Waals surface area contributed by atoms with Crippen LogP contribution in [0.15, 0.2) is 30.3 Å². The van der Waals surface area contributed by atoms with Gasteiger partial charge in [-0.25, -0.2) is 0 Å². The first kappa shape index (κ1) is 18.3. The lowest BCUT2D eigenvalue weighted by molar-refractivity contribution is -0.240. The van der Waals surface area contributed by atoms with Crippen LogP contribution >= 0.6 is 0 Å². The van der Waals surface area contributed by atoms with E-state index < -0.39 is 41.5 Å². The zero-order chi connectivity index (χ0) is 18.2. The van der Waals surface area contributed by atoms with E-state index in [1.54, 1.807) is 6.92 Å². The lowest BCUT2D eigenvalue weighted by Crippen LogP contribution is -2.73. The average Bonchev–Trinajstić information content (AvgIpc) is 2.73. The molecule has 3 fully saturated rings. The minimum absolute atomic E-state index is 0.0713. The van der Waals surface area contributed by atoms with Crippen LogP contribution in [0, 0.1) is 23.2 Å². The second-order valence-corrected chi connectivity index (χ2v) is 7.23. The van der Waals surface area contributed by atoms with Crippen molar-refractivity contribution in [3.05, 3.63) is 35.9 Å². The third-order valence-electron chi connectivity index (χ3n) is 5.47. The van der Waals surface area contributed by atoms with Crippen molar-refractivity contribution in [3.63, 3.8) is 0 Å². The minimum atomic E-state index is -1.63. The Morgan fingerprint density at radius 1 is 1.36 bits per heavy atom. The molecule has 2 heterocycles. The third-order valence-corrected chi connectivity index (χ3v) is 5.47. The number of fused-ring (bicyclic) bond motifs is 4. The van der Waals surface area contributed by atoms with E-state index in [1.807, 2.05) is 30.3 Å². The summed E-state index contributed by atoms with van der Waals surface area (Å²) >= 11 is 0. The standard InChI is InChI=1S/C18H24N2O5/c1-11-13(9-19)18(20-24-10-12-6-4-3-5-7-12)8-14(21)25-15(11)17(2,23)16(18)22/h3-7,11,13-16,20-23H,8,10H2,1-2H3/t11?,13?,14?,15?,16?,17-,18?/m0/s1. The Balaban J connectivity index is 1.89. The molecule has 7 atom stereocenters. The van der Waals surface area contributed by atoms with Crippen molar-refractivity contribution < 1.29 is 24.9 Å². The molecular weight excluding hydrogens is 324 g/mol. The summed E-state index contributed by atoms with van der Waals surface area (Å²) in [6.45, 7) is 3.44. The Kier molecular flexibility index (Phi) is 4.86. The van der Waals surface area contributed by atoms with Crippen molar-refractivity contribution in [3.8, 4) is 6.07 Å². The SMILES string of the molecule is CC1C(C#N)C2(NOCc3ccccc3)CC(O)OC1[C@](C)(O)C2O. The second-order valence-electron chi connectivity index (χ2n) is 7.23. The van der Waals surface area contributed by atoms with Crippen LogP contribution < -0.4 is 5.48 Å². The van der Waals surface area contributed by atoms with E-state index in [-0.39, 0.29) is 13.0 Å². The molecular formula is C18H24N2O5. The number of hydroxylamine groups is 1. The Bertz CT molecular complexity index is 647. The fraction of sp³-hybridized carbons (Fsp3) is 0.611. The summed E-state index contributed by atoms with van der Waals surface area (Å²) in [6, 6.07) is 11.6. The van der Waals surface area contributed by atoms with Crippen LogP contribution in [0.25, 0.3) is 0 Å². The highest BCUT2D eigenvalue weighted by atomic mass is 16.7. The van der Waals surface area contributed by atoms with E-state index in [0.717, 1.165) is 5.56 Å². The molecule has 25 heavy (non-hydrogen) atoms. The summed E-state index contributed by atoms with van der Waals surface area (Å²) in [4.78, 5) is 5.59. The lowest BCUT2D eigenvalue weighted by atomic mass is 9.59. The van der Waals surface area contributed by atoms with Gasteiger partial charge in [0, 0.05) is 12.3 Å². The molecule has 2 bridgehead atoms. The van der Waals surface area contributed by atoms with Crippen molar-refractivity contribution in [2.75, 3.05) is 0 Å². The van der Waals surface area contributed by atoms with Crippen molar-refractivity contribution >= 4 is 0 Å². The zero-order valence-corrected chi connectivity index (χ0v) is 14.3. The molecule has 0 aromatic heterocycles. The normalized spacial score (nSPS) is 43.4. The van der Waals surface area contributed by atoms with E-state index in [9.17, 15) is 20.6 Å². The number of nitrogens with zero attached hydrogens (tertiary/aromatic N) is 1. The molecule has 0 radical (unpaired) electrons. The zero-order valence-electron chi connectivity index (χ0n) is 14.3. The van der Waals surface area contributed by atoms with Crippen LogP contribution in [-0.4, -0.2) is 45.0 Å². The van der Waals surface area contributed by atoms with Gasteiger partial charge in [0.2, 0.25) is 0 Å². The number of aliphatic hydroxyl groups is 3. The first-order valence-electron chi connectivity index (χ1n) is 8.39. The number of benzene rings is 1. The number of rotatable bonds is 4. The van der Waals surface area contributed by atoms with Gasteiger partial charge < -0.3 is 20.1 Å². The molecule has 0 spiro atoms. The van der Waals surface area contributed by atoms with Gasteiger partial charge in [-0.05, 0) is 12.5 Å². The topological polar surface area (TPSA) is 115 Å². The molecule has 2 aliphatic heterocycles. The van der Waals surface area contributed by atoms with Gasteiger partial charge in [-0.15, -0.1) is 0 Å². The smallest absolute Gasteiger partial charge is 0.157 e. The van der Waals surface area contributed by atoms with Crippen molar-refractivity contribution in [2.24, 2.45) is 11.8 Å². The van der Waals surface area contributed by atoms with Gasteiger partial charge in [0.15, 0.2) is 6.29 Å². The predicted molar refractivity (Wildman–Crippen MR) is 87.5 cm³/mol. The molecule has 7 heteroatoms. The molecule has 3 aliphatic rings. The van der Waals surface area contributed by atoms with Crippen LogP contribution in [0.4, 0.5) is 0 Å². The molecule has 1 aliphatic carbocycles. The highest BCUT2D eigenvalue weighted by Crippen LogP contribution is 2.49. The molecule has 6 unspecified atom stereocenters. The molecule has 2 saturated heterocycles. The van der Waals surface area contributed by atoms with E-state index in [1.165, 1.54) is 6.92 Å². The highest BCUT2D eigenvalue weighted by Gasteiger charge is 2.67. The van der Waals surface area contributed by atoms with Crippen molar-refractivity contribution in [2.45, 2.75) is 56.5 Å². The summed E-state index contributed by atoms with van der Waals surface area (Å²) in [7, 11) is 0. The van der Waals surface area contributed by atoms with Gasteiger partial charge in [-0.3, -0.25) is 4.84 Å². The Morgan fingerprint density at radius 2 is 2.04 bits per heavy atom. The van der Waals surface area contributed by atoms with Crippen molar-refractivity contribution in [1.82, 2.24) is 5.48 Å². The summed E-state index contributed by atoms with van der Waals surface area (Å²) in [5.41, 5.74) is 0.736. The van der Waals surface area contributed by atoms with Crippen LogP contribution in [-0.2, 0) is 16.2 Å².